The van der Waals surface area contributed by atoms with E-state index in [9.17, 15) is 19.5 Å². The Morgan fingerprint density at radius 2 is 1.76 bits per heavy atom. The second-order valence-corrected chi connectivity index (χ2v) is 12.3. The van der Waals surface area contributed by atoms with Crippen molar-refractivity contribution in [2.45, 2.75) is 83.4 Å². The van der Waals surface area contributed by atoms with Gasteiger partial charge in [-0.25, -0.2) is 0 Å². The minimum absolute atomic E-state index is 0.191. The number of nitrogens with zero attached hydrogens (tertiary/aromatic N) is 1. The predicted octanol–water partition coefficient (Wildman–Crippen LogP) is 3.82. The van der Waals surface area contributed by atoms with Gasteiger partial charge in [0.25, 0.3) is 5.91 Å². The number of carbonyl (C=O) groups is 3. The van der Waals surface area contributed by atoms with Crippen LogP contribution >= 0.6 is 11.8 Å². The Hall–Kier alpha value is -2.84. The van der Waals surface area contributed by atoms with Crippen LogP contribution < -0.4 is 10.6 Å². The van der Waals surface area contributed by atoms with Gasteiger partial charge in [0.05, 0.1) is 11.9 Å². The molecule has 0 radical (unpaired) electrons. The van der Waals surface area contributed by atoms with Crippen molar-refractivity contribution in [2.75, 3.05) is 5.88 Å². The van der Waals surface area contributed by atoms with Gasteiger partial charge in [-0.2, -0.15) is 0 Å². The zero-order chi connectivity index (χ0) is 27.9. The number of benzene rings is 2. The van der Waals surface area contributed by atoms with Crippen LogP contribution in [-0.2, 0) is 27.3 Å². The van der Waals surface area contributed by atoms with Crippen LogP contribution in [-0.4, -0.2) is 56.5 Å². The molecule has 0 aromatic heterocycles. The summed E-state index contributed by atoms with van der Waals surface area (Å²) in [6.07, 6.45) is 0.383. The van der Waals surface area contributed by atoms with Crippen LogP contribution in [0, 0.1) is 12.8 Å². The van der Waals surface area contributed by atoms with Gasteiger partial charge in [-0.05, 0) is 50.3 Å². The summed E-state index contributed by atoms with van der Waals surface area (Å²) in [5.41, 5.74) is 2.98. The molecule has 38 heavy (non-hydrogen) atoms. The molecule has 4 atom stereocenters. The third kappa shape index (κ3) is 7.38. The van der Waals surface area contributed by atoms with Crippen molar-refractivity contribution in [3.8, 4) is 0 Å². The van der Waals surface area contributed by atoms with E-state index in [0.29, 0.717) is 19.4 Å². The Morgan fingerprint density at radius 3 is 2.42 bits per heavy atom. The van der Waals surface area contributed by atoms with Crippen LogP contribution in [0.1, 0.15) is 57.2 Å². The van der Waals surface area contributed by atoms with Crippen molar-refractivity contribution in [3.63, 3.8) is 0 Å². The first-order valence-corrected chi connectivity index (χ1v) is 14.3. The number of rotatable bonds is 11. The maximum Gasteiger partial charge on any atom is 0.254 e. The van der Waals surface area contributed by atoms with Crippen molar-refractivity contribution in [2.24, 2.45) is 5.92 Å². The molecule has 7 nitrogen and oxygen atoms in total. The summed E-state index contributed by atoms with van der Waals surface area (Å²) in [6, 6.07) is 15.7. The maximum absolute atomic E-state index is 13.7. The number of hydrogen-bond acceptors (Lipinski definition) is 5. The lowest BCUT2D eigenvalue weighted by molar-refractivity contribution is -0.148. The third-order valence-corrected chi connectivity index (χ3v) is 8.60. The zero-order valence-corrected chi connectivity index (χ0v) is 23.9. The number of thioether (sulfide) groups is 1. The number of hydrogen-bond donors (Lipinski definition) is 3. The Labute approximate surface area is 230 Å². The lowest BCUT2D eigenvalue weighted by Gasteiger charge is -2.33. The Kier molecular flexibility index (Phi) is 10.4. The SMILES string of the molecule is CCCC(C)C(=O)NC(Cc1ccccc1)C(O)C(=O)N1CSC(C)(C)C1C(=O)NCc1ccccc1C. The molecule has 3 N–H and O–H groups in total. The second kappa shape index (κ2) is 13.3. The van der Waals surface area contributed by atoms with Gasteiger partial charge in [-0.15, -0.1) is 11.8 Å². The molecule has 2 aromatic rings. The largest absolute Gasteiger partial charge is 0.381 e. The van der Waals surface area contributed by atoms with E-state index in [1.165, 1.54) is 16.7 Å². The molecule has 1 aliphatic heterocycles. The Bertz CT molecular complexity index is 1110. The summed E-state index contributed by atoms with van der Waals surface area (Å²) in [7, 11) is 0. The molecule has 1 saturated heterocycles. The van der Waals surface area contributed by atoms with E-state index in [1.807, 2.05) is 89.2 Å². The second-order valence-electron chi connectivity index (χ2n) is 10.7. The molecule has 2 aromatic carbocycles. The van der Waals surface area contributed by atoms with Gasteiger partial charge in [-0.1, -0.05) is 74.9 Å². The molecule has 1 fully saturated rings. The van der Waals surface area contributed by atoms with E-state index < -0.39 is 28.8 Å². The first kappa shape index (κ1) is 29.7. The molecule has 206 valence electrons. The van der Waals surface area contributed by atoms with E-state index in [4.69, 9.17) is 0 Å². The molecule has 1 aliphatic rings. The fraction of sp³-hybridized carbons (Fsp3) is 0.500. The maximum atomic E-state index is 13.7. The summed E-state index contributed by atoms with van der Waals surface area (Å²) in [4.78, 5) is 41.5. The molecule has 0 aliphatic carbocycles. The molecular weight excluding hydrogens is 498 g/mol. The lowest BCUT2D eigenvalue weighted by Crippen LogP contribution is -2.59. The molecule has 1 heterocycles. The average molecular weight is 540 g/mol. The molecule has 0 spiro atoms. The van der Waals surface area contributed by atoms with E-state index in [0.717, 1.165) is 23.1 Å². The molecule has 0 bridgehead atoms. The van der Waals surface area contributed by atoms with Crippen LogP contribution in [0.3, 0.4) is 0 Å². The summed E-state index contributed by atoms with van der Waals surface area (Å²) < 4.78 is -0.543. The number of nitrogens with one attached hydrogen (secondary N) is 2. The monoisotopic (exact) mass is 539 g/mol. The van der Waals surface area contributed by atoms with Crippen LogP contribution in [0.15, 0.2) is 54.6 Å². The van der Waals surface area contributed by atoms with Crippen LogP contribution in [0.5, 0.6) is 0 Å². The fourth-order valence-electron chi connectivity index (χ4n) is 4.84. The normalized spacial score (nSPS) is 18.9. The van der Waals surface area contributed by atoms with Crippen molar-refractivity contribution in [1.29, 1.82) is 0 Å². The van der Waals surface area contributed by atoms with E-state index in [-0.39, 0.29) is 23.6 Å². The third-order valence-electron chi connectivity index (χ3n) is 7.22. The minimum Gasteiger partial charge on any atom is -0.381 e. The quantitative estimate of drug-likeness (QED) is 0.403. The van der Waals surface area contributed by atoms with Gasteiger partial charge in [0.2, 0.25) is 11.8 Å². The number of aliphatic hydroxyl groups is 1. The smallest absolute Gasteiger partial charge is 0.254 e. The van der Waals surface area contributed by atoms with Crippen molar-refractivity contribution in [1.82, 2.24) is 15.5 Å². The molecule has 3 amide bonds. The Balaban J connectivity index is 1.79. The zero-order valence-electron chi connectivity index (χ0n) is 23.1. The number of amides is 3. The highest BCUT2D eigenvalue weighted by Gasteiger charge is 2.49. The molecule has 3 rings (SSSR count). The number of aliphatic hydroxyl groups excluding tert-OH is 1. The van der Waals surface area contributed by atoms with Gasteiger partial charge in [0, 0.05) is 17.2 Å². The molecular formula is C30H41N3O4S. The molecule has 4 unspecified atom stereocenters. The van der Waals surface area contributed by atoms with E-state index in [2.05, 4.69) is 10.6 Å². The van der Waals surface area contributed by atoms with Gasteiger partial charge in [0.15, 0.2) is 6.10 Å². The van der Waals surface area contributed by atoms with E-state index >= 15 is 0 Å². The van der Waals surface area contributed by atoms with E-state index in [1.54, 1.807) is 0 Å². The topological polar surface area (TPSA) is 98.7 Å². The fourth-order valence-corrected chi connectivity index (χ4v) is 5.98. The lowest BCUT2D eigenvalue weighted by atomic mass is 9.96. The Morgan fingerprint density at radius 1 is 1.11 bits per heavy atom. The highest BCUT2D eigenvalue weighted by atomic mass is 32.2. The molecule has 0 saturated carbocycles. The highest BCUT2D eigenvalue weighted by molar-refractivity contribution is 8.00. The van der Waals surface area contributed by atoms with Crippen LogP contribution in [0.25, 0.3) is 0 Å². The number of carbonyl (C=O) groups excluding carboxylic acids is 3. The first-order chi connectivity index (χ1) is 18.0. The van der Waals surface area contributed by atoms with Gasteiger partial charge < -0.3 is 20.6 Å². The summed E-state index contributed by atoms with van der Waals surface area (Å²) in [5, 5.41) is 17.2. The summed E-state index contributed by atoms with van der Waals surface area (Å²) in [6.45, 7) is 10.1. The predicted molar refractivity (Wildman–Crippen MR) is 152 cm³/mol. The van der Waals surface area contributed by atoms with Gasteiger partial charge in [-0.3, -0.25) is 14.4 Å². The van der Waals surface area contributed by atoms with Crippen LogP contribution in [0.4, 0.5) is 0 Å². The molecule has 8 heteroatoms. The van der Waals surface area contributed by atoms with Crippen molar-refractivity contribution >= 4 is 29.5 Å². The average Bonchev–Trinajstić information content (AvgIpc) is 3.22. The minimum atomic E-state index is -1.49. The van der Waals surface area contributed by atoms with Crippen molar-refractivity contribution in [3.05, 3.63) is 71.3 Å². The van der Waals surface area contributed by atoms with Gasteiger partial charge >= 0.3 is 0 Å². The highest BCUT2D eigenvalue weighted by Crippen LogP contribution is 2.40. The van der Waals surface area contributed by atoms with Gasteiger partial charge in [0.1, 0.15) is 6.04 Å². The summed E-state index contributed by atoms with van der Waals surface area (Å²) in [5.74, 6) is -0.957. The summed E-state index contributed by atoms with van der Waals surface area (Å²) >= 11 is 1.50. The van der Waals surface area contributed by atoms with Crippen LogP contribution in [0.2, 0.25) is 0 Å². The van der Waals surface area contributed by atoms with Crippen molar-refractivity contribution < 1.29 is 19.5 Å². The standard InChI is InChI=1S/C30H41N3O4S/c1-6-12-21(3)27(35)32-24(17-22-14-8-7-9-15-22)25(34)29(37)33-19-38-30(4,5)26(33)28(36)31-18-23-16-11-10-13-20(23)2/h7-11,13-16,21,24-26,34H,6,12,17-19H2,1-5H3,(H,31,36)(H,32,35). The first-order valence-electron chi connectivity index (χ1n) is 13.3. The number of aryl methyl sites for hydroxylation is 1.